The summed E-state index contributed by atoms with van der Waals surface area (Å²) in [5.74, 6) is -0.354. The SMILES string of the molecule is C=CCOc1ccc(C2c3c(oc4ccc(F)cc4c3=O)C(=O)N2c2nnc(C)s2)cc1OC. The van der Waals surface area contributed by atoms with Crippen LogP contribution in [0.1, 0.15) is 32.7 Å². The van der Waals surface area contributed by atoms with Gasteiger partial charge in [0.15, 0.2) is 16.9 Å². The zero-order valence-electron chi connectivity index (χ0n) is 18.2. The van der Waals surface area contributed by atoms with E-state index in [1.165, 1.54) is 35.5 Å². The normalized spacial score (nSPS) is 15.0. The van der Waals surface area contributed by atoms with E-state index in [9.17, 15) is 14.0 Å². The lowest BCUT2D eigenvalue weighted by Crippen LogP contribution is -2.29. The number of hydrogen-bond acceptors (Lipinski definition) is 8. The van der Waals surface area contributed by atoms with E-state index in [1.807, 2.05) is 0 Å². The fourth-order valence-electron chi connectivity index (χ4n) is 3.96. The van der Waals surface area contributed by atoms with Crippen LogP contribution in [0, 0.1) is 12.7 Å². The van der Waals surface area contributed by atoms with Gasteiger partial charge in [0, 0.05) is 0 Å². The Morgan fingerprint density at radius 1 is 1.21 bits per heavy atom. The minimum atomic E-state index is -0.888. The number of ether oxygens (including phenoxy) is 2. The molecule has 1 aliphatic rings. The van der Waals surface area contributed by atoms with Gasteiger partial charge in [0.1, 0.15) is 23.0 Å². The monoisotopic (exact) mass is 479 g/mol. The highest BCUT2D eigenvalue weighted by Crippen LogP contribution is 2.43. The quantitative estimate of drug-likeness (QED) is 0.378. The molecule has 5 rings (SSSR count). The number of amides is 1. The number of aryl methyl sites for hydroxylation is 1. The molecular formula is C24H18FN3O5S. The van der Waals surface area contributed by atoms with Crippen molar-refractivity contribution in [3.05, 3.63) is 87.0 Å². The number of carbonyl (C=O) groups excluding carboxylic acids is 1. The third-order valence-electron chi connectivity index (χ3n) is 5.41. The van der Waals surface area contributed by atoms with Gasteiger partial charge in [-0.1, -0.05) is 30.1 Å². The lowest BCUT2D eigenvalue weighted by molar-refractivity contribution is 0.0970. The van der Waals surface area contributed by atoms with Gasteiger partial charge in [-0.2, -0.15) is 0 Å². The van der Waals surface area contributed by atoms with Crippen molar-refractivity contribution in [1.82, 2.24) is 10.2 Å². The zero-order valence-corrected chi connectivity index (χ0v) is 19.0. The number of hydrogen-bond donors (Lipinski definition) is 0. The van der Waals surface area contributed by atoms with Gasteiger partial charge in [-0.3, -0.25) is 14.5 Å². The topological polar surface area (TPSA) is 94.8 Å². The Labute approximate surface area is 196 Å². The summed E-state index contributed by atoms with van der Waals surface area (Å²) in [5, 5.41) is 9.14. The third kappa shape index (κ3) is 3.43. The second-order valence-electron chi connectivity index (χ2n) is 7.51. The van der Waals surface area contributed by atoms with E-state index in [0.717, 1.165) is 6.07 Å². The van der Waals surface area contributed by atoms with Gasteiger partial charge in [0.2, 0.25) is 10.9 Å². The standard InChI is InChI=1S/C24H18FN3O5S/c1-4-9-32-17-7-5-13(10-18(17)31-3)20-19-21(29)15-11-14(25)6-8-16(15)33-22(19)23(30)28(20)24-27-26-12(2)34-24/h4-8,10-11,20H,1,9H2,2-3H3. The van der Waals surface area contributed by atoms with Gasteiger partial charge in [-0.25, -0.2) is 4.39 Å². The minimum Gasteiger partial charge on any atom is -0.493 e. The van der Waals surface area contributed by atoms with Crippen molar-refractivity contribution < 1.29 is 23.1 Å². The fourth-order valence-corrected chi connectivity index (χ4v) is 4.68. The van der Waals surface area contributed by atoms with Crippen molar-refractivity contribution >= 4 is 33.3 Å². The molecule has 4 aromatic rings. The maximum atomic E-state index is 13.9. The van der Waals surface area contributed by atoms with Crippen molar-refractivity contribution in [2.24, 2.45) is 0 Å². The van der Waals surface area contributed by atoms with E-state index in [1.54, 1.807) is 31.2 Å². The predicted molar refractivity (Wildman–Crippen MR) is 124 cm³/mol. The molecule has 10 heteroatoms. The van der Waals surface area contributed by atoms with Crippen LogP contribution < -0.4 is 19.8 Å². The van der Waals surface area contributed by atoms with Crippen LogP contribution in [0.25, 0.3) is 11.0 Å². The van der Waals surface area contributed by atoms with Crippen LogP contribution in [0.4, 0.5) is 9.52 Å². The lowest BCUT2D eigenvalue weighted by Gasteiger charge is -2.23. The maximum Gasteiger partial charge on any atom is 0.297 e. The first-order valence-corrected chi connectivity index (χ1v) is 11.1. The molecule has 1 aliphatic heterocycles. The number of nitrogens with zero attached hydrogens (tertiary/aromatic N) is 3. The third-order valence-corrected chi connectivity index (χ3v) is 6.25. The van der Waals surface area contributed by atoms with Crippen LogP contribution in [-0.4, -0.2) is 29.8 Å². The molecule has 0 N–H and O–H groups in total. The Morgan fingerprint density at radius 3 is 2.74 bits per heavy atom. The highest BCUT2D eigenvalue weighted by molar-refractivity contribution is 7.15. The molecule has 3 heterocycles. The Hall–Kier alpha value is -4.05. The molecule has 1 amide bonds. The molecule has 0 radical (unpaired) electrons. The minimum absolute atomic E-state index is 0.0461. The van der Waals surface area contributed by atoms with Crippen molar-refractivity contribution in [3.63, 3.8) is 0 Å². The average Bonchev–Trinajstić information content (AvgIpc) is 3.39. The van der Waals surface area contributed by atoms with Crippen LogP contribution in [-0.2, 0) is 0 Å². The highest BCUT2D eigenvalue weighted by Gasteiger charge is 2.45. The van der Waals surface area contributed by atoms with E-state index in [4.69, 9.17) is 13.9 Å². The first-order valence-electron chi connectivity index (χ1n) is 10.2. The van der Waals surface area contributed by atoms with Gasteiger partial charge >= 0.3 is 0 Å². The van der Waals surface area contributed by atoms with Crippen molar-refractivity contribution in [3.8, 4) is 11.5 Å². The molecule has 0 spiro atoms. The summed E-state index contributed by atoms with van der Waals surface area (Å²) < 4.78 is 30.9. The Kier molecular flexibility index (Phi) is 5.37. The number of aromatic nitrogens is 2. The molecule has 0 saturated carbocycles. The van der Waals surface area contributed by atoms with Crippen LogP contribution in [0.3, 0.4) is 0 Å². The zero-order chi connectivity index (χ0) is 24.0. The van der Waals surface area contributed by atoms with E-state index in [2.05, 4.69) is 16.8 Å². The second-order valence-corrected chi connectivity index (χ2v) is 8.67. The molecule has 172 valence electrons. The summed E-state index contributed by atoms with van der Waals surface area (Å²) in [6, 6.07) is 7.82. The van der Waals surface area contributed by atoms with Crippen molar-refractivity contribution in [2.45, 2.75) is 13.0 Å². The number of anilines is 1. The molecule has 0 bridgehead atoms. The summed E-state index contributed by atoms with van der Waals surface area (Å²) in [5.41, 5.74) is 0.283. The number of halogens is 1. The van der Waals surface area contributed by atoms with E-state index in [0.29, 0.717) is 27.2 Å². The average molecular weight is 479 g/mol. The number of rotatable bonds is 6. The van der Waals surface area contributed by atoms with E-state index < -0.39 is 23.2 Å². The van der Waals surface area contributed by atoms with Gasteiger partial charge in [0.05, 0.1) is 24.1 Å². The summed E-state index contributed by atoms with van der Waals surface area (Å²) in [7, 11) is 1.49. The number of benzene rings is 2. The van der Waals surface area contributed by atoms with E-state index in [-0.39, 0.29) is 28.9 Å². The first kappa shape index (κ1) is 21.8. The molecule has 8 nitrogen and oxygen atoms in total. The molecule has 0 fully saturated rings. The summed E-state index contributed by atoms with van der Waals surface area (Å²) >= 11 is 1.21. The smallest absolute Gasteiger partial charge is 0.297 e. The lowest BCUT2D eigenvalue weighted by atomic mass is 9.98. The van der Waals surface area contributed by atoms with Crippen LogP contribution in [0.15, 0.2) is 58.3 Å². The van der Waals surface area contributed by atoms with E-state index >= 15 is 0 Å². The Morgan fingerprint density at radius 2 is 2.03 bits per heavy atom. The van der Waals surface area contributed by atoms with Crippen molar-refractivity contribution in [2.75, 3.05) is 18.6 Å². The van der Waals surface area contributed by atoms with Crippen molar-refractivity contribution in [1.29, 1.82) is 0 Å². The summed E-state index contributed by atoms with van der Waals surface area (Å²) in [4.78, 5) is 28.4. The summed E-state index contributed by atoms with van der Waals surface area (Å²) in [6.45, 7) is 5.68. The predicted octanol–water partition coefficient (Wildman–Crippen LogP) is 4.42. The molecule has 2 aromatic heterocycles. The van der Waals surface area contributed by atoms with Gasteiger partial charge in [-0.05, 0) is 42.8 Å². The molecule has 1 atom stereocenters. The fraction of sp³-hybridized carbons (Fsp3) is 0.167. The number of carbonyl (C=O) groups is 1. The Balaban J connectivity index is 1.76. The molecule has 2 aromatic carbocycles. The van der Waals surface area contributed by atoms with Crippen LogP contribution in [0.5, 0.6) is 11.5 Å². The van der Waals surface area contributed by atoms with Gasteiger partial charge < -0.3 is 13.9 Å². The summed E-state index contributed by atoms with van der Waals surface area (Å²) in [6.07, 6.45) is 1.61. The highest BCUT2D eigenvalue weighted by atomic mass is 32.1. The second kappa shape index (κ2) is 8.38. The molecule has 34 heavy (non-hydrogen) atoms. The molecular weight excluding hydrogens is 461 g/mol. The largest absolute Gasteiger partial charge is 0.493 e. The molecule has 1 unspecified atom stereocenters. The van der Waals surface area contributed by atoms with Gasteiger partial charge in [-0.15, -0.1) is 10.2 Å². The number of methoxy groups -OCH3 is 1. The van der Waals surface area contributed by atoms with Gasteiger partial charge in [0.25, 0.3) is 5.91 Å². The maximum absolute atomic E-state index is 13.9. The Bertz CT molecular complexity index is 1510. The van der Waals surface area contributed by atoms with Crippen LogP contribution >= 0.6 is 11.3 Å². The first-order chi connectivity index (χ1) is 16.4. The van der Waals surface area contributed by atoms with Crippen LogP contribution in [0.2, 0.25) is 0 Å². The molecule has 0 aliphatic carbocycles. The number of fused-ring (bicyclic) bond motifs is 2. The molecule has 0 saturated heterocycles.